The van der Waals surface area contributed by atoms with E-state index < -0.39 is 23.9 Å². The van der Waals surface area contributed by atoms with E-state index >= 15 is 0 Å². The van der Waals surface area contributed by atoms with Crippen LogP contribution in [0.25, 0.3) is 0 Å². The minimum absolute atomic E-state index is 0.196. The van der Waals surface area contributed by atoms with Crippen LogP contribution < -0.4 is 0 Å². The summed E-state index contributed by atoms with van der Waals surface area (Å²) >= 11 is 0. The fourth-order valence-corrected chi connectivity index (χ4v) is 1.33. The summed E-state index contributed by atoms with van der Waals surface area (Å²) in [7, 11) is 0. The maximum absolute atomic E-state index is 11.9. The summed E-state index contributed by atoms with van der Waals surface area (Å²) in [6.07, 6.45) is -0.318. The second-order valence-electron chi connectivity index (χ2n) is 3.07. The molecule has 1 aliphatic heterocycles. The van der Waals surface area contributed by atoms with Crippen molar-refractivity contribution in [3.05, 3.63) is 24.0 Å². The summed E-state index contributed by atoms with van der Waals surface area (Å²) in [5.74, 6) is -1.56. The number of aliphatic imine (C=N–C) groups is 2. The molecule has 7 heteroatoms. The third kappa shape index (κ3) is 2.18. The van der Waals surface area contributed by atoms with Gasteiger partial charge in [0.25, 0.3) is 5.91 Å². The van der Waals surface area contributed by atoms with Crippen LogP contribution in [0.2, 0.25) is 0 Å². The predicted molar refractivity (Wildman–Crippen MR) is 48.8 cm³/mol. The monoisotopic (exact) mass is 230 g/mol. The topological polar surface area (TPSA) is 51.0 Å². The number of hydrogen-bond donors (Lipinski definition) is 0. The molecule has 0 aromatic carbocycles. The molecule has 0 aromatic heterocycles. The van der Waals surface area contributed by atoms with Crippen LogP contribution in [0.3, 0.4) is 0 Å². The summed E-state index contributed by atoms with van der Waals surface area (Å²) in [5.41, 5.74) is 0.196. The zero-order valence-corrected chi connectivity index (χ0v) is 7.73. The van der Waals surface area contributed by atoms with Crippen LogP contribution in [0, 0.1) is 5.92 Å². The lowest BCUT2D eigenvalue weighted by molar-refractivity contribution is -0.303. The minimum atomic E-state index is -4.75. The number of alkyl halides is 3. The van der Waals surface area contributed by atoms with Gasteiger partial charge >= 0.3 is 6.36 Å². The Kier molecular flexibility index (Phi) is 2.37. The largest absolute Gasteiger partial charge is 0.573 e. The summed E-state index contributed by atoms with van der Waals surface area (Å²) in [4.78, 5) is 18.3. The highest BCUT2D eigenvalue weighted by atomic mass is 19.4. The molecule has 0 N–H and O–H groups in total. The number of carbonyl (C=O) groups excluding carboxylic acids is 1. The van der Waals surface area contributed by atoms with Gasteiger partial charge in [-0.3, -0.25) is 4.79 Å². The van der Waals surface area contributed by atoms with Crippen LogP contribution in [0.15, 0.2) is 34.0 Å². The number of carbonyl (C=O) groups is 1. The molecule has 1 amide bonds. The number of rotatable bonds is 1. The van der Waals surface area contributed by atoms with Crippen LogP contribution >= 0.6 is 0 Å². The third-order valence-corrected chi connectivity index (χ3v) is 1.95. The van der Waals surface area contributed by atoms with Gasteiger partial charge in [-0.15, -0.1) is 13.2 Å². The van der Waals surface area contributed by atoms with Gasteiger partial charge in [0, 0.05) is 6.08 Å². The first-order valence-electron chi connectivity index (χ1n) is 4.25. The fourth-order valence-electron chi connectivity index (χ4n) is 1.33. The number of fused-ring (bicyclic) bond motifs is 1. The van der Waals surface area contributed by atoms with Crippen LogP contribution in [0.1, 0.15) is 0 Å². The molecule has 0 bridgehead atoms. The highest BCUT2D eigenvalue weighted by Gasteiger charge is 2.33. The van der Waals surface area contributed by atoms with Gasteiger partial charge < -0.3 is 4.74 Å². The van der Waals surface area contributed by atoms with E-state index in [1.54, 1.807) is 0 Å². The molecule has 0 aromatic rings. The lowest BCUT2D eigenvalue weighted by atomic mass is 9.96. The van der Waals surface area contributed by atoms with Crippen molar-refractivity contribution in [3.63, 3.8) is 0 Å². The Hall–Kier alpha value is -1.92. The molecule has 1 unspecified atom stereocenters. The number of allylic oxidation sites excluding steroid dienone is 2. The Balaban J connectivity index is 2.22. The molecule has 2 aliphatic rings. The molecule has 0 fully saturated rings. The van der Waals surface area contributed by atoms with E-state index in [1.807, 2.05) is 0 Å². The molecular formula is C9H5F3N2O2. The van der Waals surface area contributed by atoms with E-state index in [9.17, 15) is 18.0 Å². The molecule has 2 rings (SSSR count). The Morgan fingerprint density at radius 3 is 2.81 bits per heavy atom. The number of amides is 1. The summed E-state index contributed by atoms with van der Waals surface area (Å²) < 4.78 is 39.4. The Labute approximate surface area is 87.8 Å². The number of ether oxygens (including phenoxy) is 1. The standard InChI is InChI=1S/C9H5F3N2O2/c10-9(11,12)16-5-1-2-6-7(3-5)13-4-14-8(6)15/h1-4,6H. The van der Waals surface area contributed by atoms with Crippen LogP contribution in [-0.4, -0.2) is 24.3 Å². The highest BCUT2D eigenvalue weighted by molar-refractivity contribution is 6.18. The first-order chi connectivity index (χ1) is 7.46. The van der Waals surface area contributed by atoms with Gasteiger partial charge in [0.15, 0.2) is 0 Å². The van der Waals surface area contributed by atoms with Gasteiger partial charge in [0.05, 0.1) is 5.71 Å². The quantitative estimate of drug-likeness (QED) is 0.687. The van der Waals surface area contributed by atoms with Crippen molar-refractivity contribution in [2.45, 2.75) is 6.36 Å². The average molecular weight is 230 g/mol. The Bertz CT molecular complexity index is 446. The molecule has 0 radical (unpaired) electrons. The maximum Gasteiger partial charge on any atom is 0.573 e. The lowest BCUT2D eigenvalue weighted by Crippen LogP contribution is -2.26. The smallest absolute Gasteiger partial charge is 0.406 e. The van der Waals surface area contributed by atoms with Gasteiger partial charge in [-0.25, -0.2) is 9.98 Å². The van der Waals surface area contributed by atoms with Gasteiger partial charge in [-0.2, -0.15) is 0 Å². The molecule has 0 spiro atoms. The van der Waals surface area contributed by atoms with Crippen molar-refractivity contribution in [2.75, 3.05) is 0 Å². The van der Waals surface area contributed by atoms with Gasteiger partial charge in [0.2, 0.25) is 0 Å². The Morgan fingerprint density at radius 2 is 2.12 bits per heavy atom. The van der Waals surface area contributed by atoms with Crippen LogP contribution in [-0.2, 0) is 9.53 Å². The summed E-state index contributed by atoms with van der Waals surface area (Å²) in [6.45, 7) is 0. The van der Waals surface area contributed by atoms with E-state index in [0.29, 0.717) is 0 Å². The van der Waals surface area contributed by atoms with Crippen molar-refractivity contribution >= 4 is 18.0 Å². The Morgan fingerprint density at radius 1 is 1.38 bits per heavy atom. The van der Waals surface area contributed by atoms with E-state index in [1.165, 1.54) is 6.08 Å². The van der Waals surface area contributed by atoms with Gasteiger partial charge in [-0.05, 0) is 6.08 Å². The number of nitrogens with zero attached hydrogens (tertiary/aromatic N) is 2. The zero-order valence-electron chi connectivity index (χ0n) is 7.73. The van der Waals surface area contributed by atoms with Crippen LogP contribution in [0.4, 0.5) is 13.2 Å². The highest BCUT2D eigenvalue weighted by Crippen LogP contribution is 2.25. The molecule has 0 saturated heterocycles. The third-order valence-electron chi connectivity index (χ3n) is 1.95. The normalized spacial score (nSPS) is 23.7. The van der Waals surface area contributed by atoms with E-state index in [0.717, 1.165) is 18.5 Å². The number of hydrogen-bond acceptors (Lipinski definition) is 3. The maximum atomic E-state index is 11.9. The van der Waals surface area contributed by atoms with Crippen molar-refractivity contribution < 1.29 is 22.7 Å². The second kappa shape index (κ2) is 3.58. The van der Waals surface area contributed by atoms with Crippen molar-refractivity contribution in [1.82, 2.24) is 0 Å². The van der Waals surface area contributed by atoms with Crippen molar-refractivity contribution in [1.29, 1.82) is 0 Å². The average Bonchev–Trinajstić information content (AvgIpc) is 2.15. The van der Waals surface area contributed by atoms with E-state index in [2.05, 4.69) is 14.7 Å². The molecule has 84 valence electrons. The fraction of sp³-hybridized carbons (Fsp3) is 0.222. The molecule has 1 atom stereocenters. The van der Waals surface area contributed by atoms with E-state index in [-0.39, 0.29) is 5.71 Å². The van der Waals surface area contributed by atoms with Crippen LogP contribution in [0.5, 0.6) is 0 Å². The first-order valence-corrected chi connectivity index (χ1v) is 4.25. The molecule has 16 heavy (non-hydrogen) atoms. The lowest BCUT2D eigenvalue weighted by Gasteiger charge is -2.18. The SMILES string of the molecule is O=C1N=CN=C2C=C(OC(F)(F)F)C=CC12. The summed E-state index contributed by atoms with van der Waals surface area (Å²) in [5, 5.41) is 0. The molecule has 1 heterocycles. The predicted octanol–water partition coefficient (Wildman–Crippen LogP) is 1.60. The van der Waals surface area contributed by atoms with Crippen molar-refractivity contribution in [2.24, 2.45) is 15.9 Å². The zero-order chi connectivity index (χ0) is 11.8. The molecule has 0 saturated carbocycles. The summed E-state index contributed by atoms with van der Waals surface area (Å²) in [6, 6.07) is 0. The van der Waals surface area contributed by atoms with Crippen molar-refractivity contribution in [3.8, 4) is 0 Å². The number of halogens is 3. The first kappa shape index (κ1) is 10.6. The minimum Gasteiger partial charge on any atom is -0.406 e. The van der Waals surface area contributed by atoms with E-state index in [4.69, 9.17) is 0 Å². The van der Waals surface area contributed by atoms with Gasteiger partial charge in [0.1, 0.15) is 18.0 Å². The van der Waals surface area contributed by atoms with Gasteiger partial charge in [-0.1, -0.05) is 6.08 Å². The molecule has 4 nitrogen and oxygen atoms in total. The molecular weight excluding hydrogens is 225 g/mol. The molecule has 1 aliphatic carbocycles. The second-order valence-corrected chi connectivity index (χ2v) is 3.07.